The molecule has 0 radical (unpaired) electrons. The molecule has 2 heterocycles. The number of carboxylic acids is 1. The number of likely N-dealkylation sites (tertiary alicyclic amines) is 2. The highest BCUT2D eigenvalue weighted by atomic mass is 16.4. The fourth-order valence-corrected chi connectivity index (χ4v) is 4.38. The van der Waals surface area contributed by atoms with Gasteiger partial charge in [-0.15, -0.1) is 0 Å². The molecule has 4 heteroatoms. The molecule has 0 aromatic carbocycles. The third kappa shape index (κ3) is 2.79. The summed E-state index contributed by atoms with van der Waals surface area (Å²) in [5, 5.41) is 9.47. The van der Waals surface area contributed by atoms with Crippen molar-refractivity contribution >= 4 is 5.97 Å². The SMILES string of the molecule is O=C(O)C1CC2CCCCC2N1CCN1CCCC1. The molecule has 3 unspecified atom stereocenters. The minimum Gasteiger partial charge on any atom is -0.480 e. The van der Waals surface area contributed by atoms with Gasteiger partial charge in [0, 0.05) is 19.1 Å². The number of carboxylic acid groups (broad SMARTS) is 1. The van der Waals surface area contributed by atoms with Crippen molar-refractivity contribution in [3.63, 3.8) is 0 Å². The summed E-state index contributed by atoms with van der Waals surface area (Å²) in [5.74, 6) is 0.0456. The van der Waals surface area contributed by atoms with Crippen LogP contribution in [0.1, 0.15) is 44.9 Å². The van der Waals surface area contributed by atoms with E-state index in [9.17, 15) is 9.90 Å². The Morgan fingerprint density at radius 2 is 1.79 bits per heavy atom. The highest BCUT2D eigenvalue weighted by molar-refractivity contribution is 5.74. The quantitative estimate of drug-likeness (QED) is 0.842. The first-order valence-corrected chi connectivity index (χ1v) is 7.96. The third-order valence-corrected chi connectivity index (χ3v) is 5.38. The van der Waals surface area contributed by atoms with Crippen LogP contribution in [0.2, 0.25) is 0 Å². The molecule has 0 aromatic rings. The number of hydrogen-bond donors (Lipinski definition) is 1. The summed E-state index contributed by atoms with van der Waals surface area (Å²) >= 11 is 0. The Balaban J connectivity index is 1.62. The van der Waals surface area contributed by atoms with Crippen LogP contribution < -0.4 is 0 Å². The van der Waals surface area contributed by atoms with E-state index >= 15 is 0 Å². The van der Waals surface area contributed by atoms with Gasteiger partial charge < -0.3 is 10.0 Å². The molecular formula is C15H26N2O2. The van der Waals surface area contributed by atoms with Crippen LogP contribution in [-0.2, 0) is 4.79 Å². The van der Waals surface area contributed by atoms with Gasteiger partial charge in [0.1, 0.15) is 6.04 Å². The highest BCUT2D eigenvalue weighted by Gasteiger charge is 2.44. The van der Waals surface area contributed by atoms with E-state index < -0.39 is 5.97 Å². The van der Waals surface area contributed by atoms with Gasteiger partial charge in [-0.1, -0.05) is 12.8 Å². The van der Waals surface area contributed by atoms with Crippen molar-refractivity contribution in [1.82, 2.24) is 9.80 Å². The number of fused-ring (bicyclic) bond motifs is 1. The summed E-state index contributed by atoms with van der Waals surface area (Å²) in [5.41, 5.74) is 0. The van der Waals surface area contributed by atoms with E-state index in [2.05, 4.69) is 9.80 Å². The summed E-state index contributed by atoms with van der Waals surface area (Å²) in [6.07, 6.45) is 8.56. The van der Waals surface area contributed by atoms with E-state index in [0.717, 1.165) is 19.5 Å². The predicted molar refractivity (Wildman–Crippen MR) is 74.2 cm³/mol. The first-order chi connectivity index (χ1) is 9.25. The molecule has 1 saturated carbocycles. The maximum atomic E-state index is 11.5. The molecule has 108 valence electrons. The first-order valence-electron chi connectivity index (χ1n) is 7.96. The fourth-order valence-electron chi connectivity index (χ4n) is 4.38. The van der Waals surface area contributed by atoms with Gasteiger partial charge in [0.25, 0.3) is 0 Å². The molecule has 3 fully saturated rings. The Hall–Kier alpha value is -0.610. The van der Waals surface area contributed by atoms with Gasteiger partial charge in [0.15, 0.2) is 0 Å². The molecule has 1 N–H and O–H groups in total. The number of aliphatic carboxylic acids is 1. The molecule has 0 bridgehead atoms. The average molecular weight is 266 g/mol. The van der Waals surface area contributed by atoms with Gasteiger partial charge in [-0.2, -0.15) is 0 Å². The van der Waals surface area contributed by atoms with Crippen LogP contribution in [0.4, 0.5) is 0 Å². The van der Waals surface area contributed by atoms with Crippen molar-refractivity contribution in [2.24, 2.45) is 5.92 Å². The van der Waals surface area contributed by atoms with E-state index in [1.807, 2.05) is 0 Å². The fraction of sp³-hybridized carbons (Fsp3) is 0.933. The molecule has 4 nitrogen and oxygen atoms in total. The lowest BCUT2D eigenvalue weighted by atomic mass is 9.85. The molecule has 0 amide bonds. The van der Waals surface area contributed by atoms with Gasteiger partial charge in [-0.05, 0) is 51.1 Å². The van der Waals surface area contributed by atoms with Crippen LogP contribution >= 0.6 is 0 Å². The van der Waals surface area contributed by atoms with Crippen LogP contribution in [0.25, 0.3) is 0 Å². The second-order valence-corrected chi connectivity index (χ2v) is 6.49. The van der Waals surface area contributed by atoms with Crippen LogP contribution in [0.15, 0.2) is 0 Å². The predicted octanol–water partition coefficient (Wildman–Crippen LogP) is 1.80. The summed E-state index contributed by atoms with van der Waals surface area (Å²) in [4.78, 5) is 16.3. The molecule has 3 rings (SSSR count). The Morgan fingerprint density at radius 3 is 2.53 bits per heavy atom. The number of nitrogens with zero attached hydrogens (tertiary/aromatic N) is 2. The summed E-state index contributed by atoms with van der Waals surface area (Å²) in [7, 11) is 0. The maximum Gasteiger partial charge on any atom is 0.320 e. The Labute approximate surface area is 115 Å². The van der Waals surface area contributed by atoms with E-state index in [4.69, 9.17) is 0 Å². The van der Waals surface area contributed by atoms with Gasteiger partial charge in [0.05, 0.1) is 0 Å². The Kier molecular flexibility index (Phi) is 4.08. The van der Waals surface area contributed by atoms with E-state index in [0.29, 0.717) is 12.0 Å². The normalized spacial score (nSPS) is 36.5. The van der Waals surface area contributed by atoms with Crippen molar-refractivity contribution in [1.29, 1.82) is 0 Å². The molecule has 19 heavy (non-hydrogen) atoms. The standard InChI is InChI=1S/C15H26N2O2/c18-15(19)14-11-12-5-1-2-6-13(12)17(14)10-9-16-7-3-4-8-16/h12-14H,1-11H2,(H,18,19). The molecule has 3 aliphatic rings. The summed E-state index contributed by atoms with van der Waals surface area (Å²) in [6.45, 7) is 4.43. The van der Waals surface area contributed by atoms with Gasteiger partial charge in [-0.25, -0.2) is 0 Å². The van der Waals surface area contributed by atoms with Crippen molar-refractivity contribution in [2.75, 3.05) is 26.2 Å². The van der Waals surface area contributed by atoms with Crippen LogP contribution in [-0.4, -0.2) is 59.1 Å². The molecule has 2 saturated heterocycles. The van der Waals surface area contributed by atoms with Crippen LogP contribution in [0, 0.1) is 5.92 Å². The zero-order valence-corrected chi connectivity index (χ0v) is 11.8. The second-order valence-electron chi connectivity index (χ2n) is 6.49. The number of rotatable bonds is 4. The van der Waals surface area contributed by atoms with Gasteiger partial charge in [0.2, 0.25) is 0 Å². The summed E-state index contributed by atoms with van der Waals surface area (Å²) in [6, 6.07) is 0.341. The lowest BCUT2D eigenvalue weighted by Gasteiger charge is -2.33. The molecule has 0 aromatic heterocycles. The van der Waals surface area contributed by atoms with Crippen LogP contribution in [0.5, 0.6) is 0 Å². The molecule has 0 spiro atoms. The first kappa shape index (κ1) is 13.4. The van der Waals surface area contributed by atoms with Crippen LogP contribution in [0.3, 0.4) is 0 Å². The van der Waals surface area contributed by atoms with E-state index in [-0.39, 0.29) is 6.04 Å². The van der Waals surface area contributed by atoms with Crippen molar-refractivity contribution in [3.8, 4) is 0 Å². The zero-order chi connectivity index (χ0) is 13.2. The maximum absolute atomic E-state index is 11.5. The number of carbonyl (C=O) groups is 1. The molecule has 3 atom stereocenters. The molecular weight excluding hydrogens is 240 g/mol. The van der Waals surface area contributed by atoms with Gasteiger partial charge >= 0.3 is 5.97 Å². The van der Waals surface area contributed by atoms with E-state index in [1.165, 1.54) is 51.6 Å². The third-order valence-electron chi connectivity index (χ3n) is 5.38. The summed E-state index contributed by atoms with van der Waals surface area (Å²) < 4.78 is 0. The largest absolute Gasteiger partial charge is 0.480 e. The lowest BCUT2D eigenvalue weighted by molar-refractivity contribution is -0.142. The minimum absolute atomic E-state index is 0.212. The monoisotopic (exact) mass is 266 g/mol. The second kappa shape index (κ2) is 5.80. The van der Waals surface area contributed by atoms with Gasteiger partial charge in [-0.3, -0.25) is 9.69 Å². The Bertz CT molecular complexity index is 328. The molecule has 1 aliphatic carbocycles. The van der Waals surface area contributed by atoms with Crippen molar-refractivity contribution < 1.29 is 9.90 Å². The van der Waals surface area contributed by atoms with Crippen molar-refractivity contribution in [2.45, 2.75) is 57.0 Å². The average Bonchev–Trinajstić information content (AvgIpc) is 3.03. The molecule has 2 aliphatic heterocycles. The number of hydrogen-bond acceptors (Lipinski definition) is 3. The minimum atomic E-state index is -0.601. The topological polar surface area (TPSA) is 43.8 Å². The zero-order valence-electron chi connectivity index (χ0n) is 11.8. The lowest BCUT2D eigenvalue weighted by Crippen LogP contribution is -2.45. The van der Waals surface area contributed by atoms with Crippen molar-refractivity contribution in [3.05, 3.63) is 0 Å². The Morgan fingerprint density at radius 1 is 1.05 bits per heavy atom. The smallest absolute Gasteiger partial charge is 0.320 e. The van der Waals surface area contributed by atoms with E-state index in [1.54, 1.807) is 0 Å². The highest BCUT2D eigenvalue weighted by Crippen LogP contribution is 2.39.